The van der Waals surface area contributed by atoms with Crippen molar-refractivity contribution in [1.29, 1.82) is 0 Å². The maximum atomic E-state index is 11.5. The molecule has 0 atom stereocenters. The first-order chi connectivity index (χ1) is 5.70. The summed E-state index contributed by atoms with van der Waals surface area (Å²) in [5.41, 5.74) is 0.963. The molecule has 1 heterocycles. The van der Waals surface area contributed by atoms with Gasteiger partial charge in [-0.15, -0.1) is 0 Å². The van der Waals surface area contributed by atoms with Crippen LogP contribution in [0.1, 0.15) is 32.6 Å². The van der Waals surface area contributed by atoms with Gasteiger partial charge in [0.2, 0.25) is 5.91 Å². The van der Waals surface area contributed by atoms with Crippen LogP contribution in [0.3, 0.4) is 0 Å². The molecule has 0 aromatic carbocycles. The third-order valence-electron chi connectivity index (χ3n) is 2.16. The van der Waals surface area contributed by atoms with E-state index in [4.69, 9.17) is 0 Å². The monoisotopic (exact) mass is 167 g/mol. The van der Waals surface area contributed by atoms with E-state index in [0.29, 0.717) is 6.42 Å². The lowest BCUT2D eigenvalue weighted by atomic mass is 10.1. The third kappa shape index (κ3) is 2.68. The van der Waals surface area contributed by atoms with E-state index in [1.54, 1.807) is 0 Å². The average Bonchev–Trinajstić information content (AvgIpc) is 2.05. The summed E-state index contributed by atoms with van der Waals surface area (Å²) in [7, 11) is 0. The molecule has 12 heavy (non-hydrogen) atoms. The molecule has 1 fully saturated rings. The molecule has 0 spiro atoms. The van der Waals surface area contributed by atoms with E-state index in [2.05, 4.69) is 6.58 Å². The van der Waals surface area contributed by atoms with E-state index in [1.165, 1.54) is 19.3 Å². The molecule has 0 aromatic rings. The van der Waals surface area contributed by atoms with Crippen LogP contribution in [0.4, 0.5) is 0 Å². The van der Waals surface area contributed by atoms with Crippen molar-refractivity contribution in [2.24, 2.45) is 0 Å². The normalized spacial score (nSPS) is 17.6. The molecule has 68 valence electrons. The van der Waals surface area contributed by atoms with Gasteiger partial charge in [0, 0.05) is 19.5 Å². The fourth-order valence-electron chi connectivity index (χ4n) is 1.51. The first kappa shape index (κ1) is 9.30. The SMILES string of the molecule is C=C(C)CC(=O)N1CCCCC1. The first-order valence-electron chi connectivity index (χ1n) is 4.62. The van der Waals surface area contributed by atoms with Crippen molar-refractivity contribution in [2.75, 3.05) is 13.1 Å². The van der Waals surface area contributed by atoms with Crippen LogP contribution in [-0.4, -0.2) is 23.9 Å². The summed E-state index contributed by atoms with van der Waals surface area (Å²) in [6.07, 6.45) is 4.14. The highest BCUT2D eigenvalue weighted by Gasteiger charge is 2.15. The largest absolute Gasteiger partial charge is 0.342 e. The zero-order valence-electron chi connectivity index (χ0n) is 7.81. The minimum atomic E-state index is 0.252. The van der Waals surface area contributed by atoms with E-state index < -0.39 is 0 Å². The summed E-state index contributed by atoms with van der Waals surface area (Å²) < 4.78 is 0. The van der Waals surface area contributed by atoms with E-state index in [0.717, 1.165) is 18.7 Å². The van der Waals surface area contributed by atoms with Gasteiger partial charge in [0.1, 0.15) is 0 Å². The maximum Gasteiger partial charge on any atom is 0.226 e. The lowest BCUT2D eigenvalue weighted by molar-refractivity contribution is -0.131. The molecule has 0 saturated carbocycles. The Bertz CT molecular complexity index is 180. The summed E-state index contributed by atoms with van der Waals surface area (Å²) in [6.45, 7) is 7.55. The van der Waals surface area contributed by atoms with Crippen LogP contribution in [0, 0.1) is 0 Å². The third-order valence-corrected chi connectivity index (χ3v) is 2.16. The predicted octanol–water partition coefficient (Wildman–Crippen LogP) is 1.97. The van der Waals surface area contributed by atoms with Crippen LogP contribution in [0.25, 0.3) is 0 Å². The molecule has 0 aromatic heterocycles. The minimum absolute atomic E-state index is 0.252. The minimum Gasteiger partial charge on any atom is -0.342 e. The lowest BCUT2D eigenvalue weighted by Crippen LogP contribution is -2.35. The second kappa shape index (κ2) is 4.29. The predicted molar refractivity (Wildman–Crippen MR) is 49.9 cm³/mol. The number of carbonyl (C=O) groups is 1. The quantitative estimate of drug-likeness (QED) is 0.576. The molecule has 1 rings (SSSR count). The zero-order valence-corrected chi connectivity index (χ0v) is 7.81. The molecule has 0 aliphatic carbocycles. The molecule has 0 unspecified atom stereocenters. The number of piperidine rings is 1. The van der Waals surface area contributed by atoms with Crippen molar-refractivity contribution in [1.82, 2.24) is 4.90 Å². The Labute approximate surface area is 74.2 Å². The Hall–Kier alpha value is -0.790. The number of carbonyl (C=O) groups excluding carboxylic acids is 1. The van der Waals surface area contributed by atoms with Crippen molar-refractivity contribution in [2.45, 2.75) is 32.6 Å². The van der Waals surface area contributed by atoms with Crippen molar-refractivity contribution in [3.8, 4) is 0 Å². The van der Waals surface area contributed by atoms with Gasteiger partial charge in [-0.1, -0.05) is 12.2 Å². The van der Waals surface area contributed by atoms with Gasteiger partial charge in [-0.3, -0.25) is 4.79 Å². The molecule has 1 saturated heterocycles. The van der Waals surface area contributed by atoms with Gasteiger partial charge in [0.25, 0.3) is 0 Å². The zero-order chi connectivity index (χ0) is 8.97. The van der Waals surface area contributed by atoms with Crippen LogP contribution in [0.2, 0.25) is 0 Å². The van der Waals surface area contributed by atoms with Gasteiger partial charge < -0.3 is 4.90 Å². The van der Waals surface area contributed by atoms with Gasteiger partial charge in [-0.25, -0.2) is 0 Å². The average molecular weight is 167 g/mol. The Morgan fingerprint density at radius 3 is 2.42 bits per heavy atom. The molecule has 0 radical (unpaired) electrons. The van der Waals surface area contributed by atoms with Gasteiger partial charge in [-0.2, -0.15) is 0 Å². The summed E-state index contributed by atoms with van der Waals surface area (Å²) in [6, 6.07) is 0. The fraction of sp³-hybridized carbons (Fsp3) is 0.700. The van der Waals surface area contributed by atoms with Crippen LogP contribution in [0.5, 0.6) is 0 Å². The Morgan fingerprint density at radius 2 is 1.92 bits per heavy atom. The van der Waals surface area contributed by atoms with E-state index in [-0.39, 0.29) is 5.91 Å². The van der Waals surface area contributed by atoms with Gasteiger partial charge >= 0.3 is 0 Å². The number of likely N-dealkylation sites (tertiary alicyclic amines) is 1. The fourth-order valence-corrected chi connectivity index (χ4v) is 1.51. The van der Waals surface area contributed by atoms with Crippen molar-refractivity contribution in [3.63, 3.8) is 0 Å². The van der Waals surface area contributed by atoms with Crippen LogP contribution in [-0.2, 0) is 4.79 Å². The van der Waals surface area contributed by atoms with Crippen LogP contribution in [0.15, 0.2) is 12.2 Å². The topological polar surface area (TPSA) is 20.3 Å². The molecular formula is C10H17NO. The highest BCUT2D eigenvalue weighted by Crippen LogP contribution is 2.11. The number of hydrogen-bond donors (Lipinski definition) is 0. The lowest BCUT2D eigenvalue weighted by Gasteiger charge is -2.26. The summed E-state index contributed by atoms with van der Waals surface area (Å²) in [5.74, 6) is 0.252. The molecule has 1 aliphatic heterocycles. The molecule has 1 aliphatic rings. The summed E-state index contributed by atoms with van der Waals surface area (Å²) in [4.78, 5) is 13.4. The van der Waals surface area contributed by atoms with Gasteiger partial charge in [0.15, 0.2) is 0 Å². The molecule has 0 N–H and O–H groups in total. The van der Waals surface area contributed by atoms with Crippen LogP contribution >= 0.6 is 0 Å². The highest BCUT2D eigenvalue weighted by molar-refractivity contribution is 5.78. The number of rotatable bonds is 2. The maximum absolute atomic E-state index is 11.5. The number of amides is 1. The van der Waals surface area contributed by atoms with Crippen molar-refractivity contribution in [3.05, 3.63) is 12.2 Å². The van der Waals surface area contributed by atoms with E-state index in [9.17, 15) is 4.79 Å². The Balaban J connectivity index is 2.34. The highest BCUT2D eigenvalue weighted by atomic mass is 16.2. The molecule has 1 amide bonds. The number of nitrogens with zero attached hydrogens (tertiary/aromatic N) is 1. The second-order valence-corrected chi connectivity index (χ2v) is 3.58. The van der Waals surface area contributed by atoms with Gasteiger partial charge in [0.05, 0.1) is 0 Å². The molecule has 2 nitrogen and oxygen atoms in total. The molecule has 2 heteroatoms. The second-order valence-electron chi connectivity index (χ2n) is 3.58. The van der Waals surface area contributed by atoms with Gasteiger partial charge in [-0.05, 0) is 26.2 Å². The molecule has 0 bridgehead atoms. The Kier molecular flexibility index (Phi) is 3.32. The van der Waals surface area contributed by atoms with Crippen molar-refractivity contribution >= 4 is 5.91 Å². The van der Waals surface area contributed by atoms with E-state index in [1.807, 2.05) is 11.8 Å². The summed E-state index contributed by atoms with van der Waals surface area (Å²) >= 11 is 0. The first-order valence-corrected chi connectivity index (χ1v) is 4.62. The summed E-state index contributed by atoms with van der Waals surface area (Å²) in [5, 5.41) is 0. The number of hydrogen-bond acceptors (Lipinski definition) is 1. The smallest absolute Gasteiger partial charge is 0.226 e. The van der Waals surface area contributed by atoms with Crippen molar-refractivity contribution < 1.29 is 4.79 Å². The standard InChI is InChI=1S/C10H17NO/c1-9(2)8-10(12)11-6-4-3-5-7-11/h1,3-8H2,2H3. The van der Waals surface area contributed by atoms with E-state index >= 15 is 0 Å². The molecular weight excluding hydrogens is 150 g/mol. The van der Waals surface area contributed by atoms with Crippen LogP contribution < -0.4 is 0 Å². The Morgan fingerprint density at radius 1 is 1.33 bits per heavy atom.